The van der Waals surface area contributed by atoms with E-state index in [4.69, 9.17) is 11.6 Å². The number of carbonyl (C=O) groups is 1. The minimum absolute atomic E-state index is 0.0152. The standard InChI is InChI=1S/C12H9ClN2OS/c1-8(16)9-4-6-14-11(7-9)17-12-10(13)3-2-5-15-12/h2-7H,1H3. The van der Waals surface area contributed by atoms with Gasteiger partial charge in [0.05, 0.1) is 5.02 Å². The Labute approximate surface area is 108 Å². The maximum absolute atomic E-state index is 11.2. The van der Waals surface area contributed by atoms with Crippen molar-refractivity contribution in [1.82, 2.24) is 9.97 Å². The molecule has 5 heteroatoms. The van der Waals surface area contributed by atoms with E-state index in [1.807, 2.05) is 0 Å². The van der Waals surface area contributed by atoms with Crippen LogP contribution in [0.15, 0.2) is 46.7 Å². The Bertz CT molecular complexity index is 560. The van der Waals surface area contributed by atoms with Gasteiger partial charge in [-0.3, -0.25) is 4.79 Å². The van der Waals surface area contributed by atoms with Gasteiger partial charge in [0.1, 0.15) is 10.1 Å². The Hall–Kier alpha value is -1.39. The third kappa shape index (κ3) is 3.05. The van der Waals surface area contributed by atoms with Crippen molar-refractivity contribution in [2.45, 2.75) is 17.0 Å². The molecule has 0 amide bonds. The third-order valence-electron chi connectivity index (χ3n) is 2.07. The lowest BCUT2D eigenvalue weighted by atomic mass is 10.2. The van der Waals surface area contributed by atoms with Crippen molar-refractivity contribution in [2.75, 3.05) is 0 Å². The first-order valence-electron chi connectivity index (χ1n) is 4.92. The van der Waals surface area contributed by atoms with E-state index in [0.717, 1.165) is 0 Å². The van der Waals surface area contributed by atoms with E-state index in [-0.39, 0.29) is 5.78 Å². The number of hydrogen-bond acceptors (Lipinski definition) is 4. The second kappa shape index (κ2) is 5.29. The van der Waals surface area contributed by atoms with Gasteiger partial charge in [0, 0.05) is 18.0 Å². The van der Waals surface area contributed by atoms with Crippen LogP contribution in [0.5, 0.6) is 0 Å². The zero-order valence-corrected chi connectivity index (χ0v) is 10.6. The number of aromatic nitrogens is 2. The van der Waals surface area contributed by atoms with Gasteiger partial charge in [0.25, 0.3) is 0 Å². The van der Waals surface area contributed by atoms with Crippen LogP contribution in [0.25, 0.3) is 0 Å². The van der Waals surface area contributed by atoms with Crippen LogP contribution in [0.3, 0.4) is 0 Å². The van der Waals surface area contributed by atoms with Crippen LogP contribution >= 0.6 is 23.4 Å². The van der Waals surface area contributed by atoms with E-state index in [1.165, 1.54) is 18.7 Å². The molecular formula is C12H9ClN2OS. The number of halogens is 1. The van der Waals surface area contributed by atoms with Gasteiger partial charge in [-0.15, -0.1) is 0 Å². The highest BCUT2D eigenvalue weighted by Crippen LogP contribution is 2.30. The molecule has 17 heavy (non-hydrogen) atoms. The summed E-state index contributed by atoms with van der Waals surface area (Å²) in [5.41, 5.74) is 0.634. The number of ketones is 1. The molecule has 2 aromatic rings. The average Bonchev–Trinajstić information content (AvgIpc) is 2.32. The van der Waals surface area contributed by atoms with Gasteiger partial charge < -0.3 is 0 Å². The predicted molar refractivity (Wildman–Crippen MR) is 67.6 cm³/mol. The minimum atomic E-state index is 0.0152. The molecule has 0 aliphatic carbocycles. The quantitative estimate of drug-likeness (QED) is 0.796. The van der Waals surface area contributed by atoms with Crippen molar-refractivity contribution in [3.8, 4) is 0 Å². The molecule has 2 aromatic heterocycles. The molecule has 0 aliphatic heterocycles. The Balaban J connectivity index is 2.28. The molecule has 0 aromatic carbocycles. The SMILES string of the molecule is CC(=O)c1ccnc(Sc2ncccc2Cl)c1. The summed E-state index contributed by atoms with van der Waals surface area (Å²) in [6, 6.07) is 6.96. The fraction of sp³-hybridized carbons (Fsp3) is 0.0833. The minimum Gasteiger partial charge on any atom is -0.295 e. The largest absolute Gasteiger partial charge is 0.295 e. The summed E-state index contributed by atoms with van der Waals surface area (Å²) in [4.78, 5) is 19.6. The molecule has 0 N–H and O–H groups in total. The summed E-state index contributed by atoms with van der Waals surface area (Å²) in [7, 11) is 0. The van der Waals surface area contributed by atoms with Gasteiger partial charge in [0.15, 0.2) is 5.78 Å². The van der Waals surface area contributed by atoms with Gasteiger partial charge in [0.2, 0.25) is 0 Å². The van der Waals surface area contributed by atoms with E-state index in [2.05, 4.69) is 9.97 Å². The molecular weight excluding hydrogens is 256 g/mol. The third-order valence-corrected chi connectivity index (χ3v) is 3.44. The molecule has 0 saturated heterocycles. The molecule has 0 spiro atoms. The van der Waals surface area contributed by atoms with Crippen molar-refractivity contribution in [2.24, 2.45) is 0 Å². The van der Waals surface area contributed by atoms with E-state index >= 15 is 0 Å². The van der Waals surface area contributed by atoms with Crippen LogP contribution in [0.1, 0.15) is 17.3 Å². The number of nitrogens with zero attached hydrogens (tertiary/aromatic N) is 2. The van der Waals surface area contributed by atoms with Crippen molar-refractivity contribution >= 4 is 29.1 Å². The Morgan fingerprint density at radius 2 is 2.12 bits per heavy atom. The lowest BCUT2D eigenvalue weighted by Gasteiger charge is -2.02. The summed E-state index contributed by atoms with van der Waals surface area (Å²) < 4.78 is 0. The summed E-state index contributed by atoms with van der Waals surface area (Å²) in [5.74, 6) is 0.0152. The maximum atomic E-state index is 11.2. The van der Waals surface area contributed by atoms with Crippen LogP contribution in [0.2, 0.25) is 5.02 Å². The number of rotatable bonds is 3. The van der Waals surface area contributed by atoms with Crippen LogP contribution in [0, 0.1) is 0 Å². The first-order chi connectivity index (χ1) is 8.16. The Morgan fingerprint density at radius 1 is 1.29 bits per heavy atom. The van der Waals surface area contributed by atoms with Crippen LogP contribution in [-0.4, -0.2) is 15.8 Å². The molecule has 0 radical (unpaired) electrons. The lowest BCUT2D eigenvalue weighted by molar-refractivity contribution is 0.101. The normalized spacial score (nSPS) is 10.2. The highest BCUT2D eigenvalue weighted by molar-refractivity contribution is 7.99. The molecule has 0 bridgehead atoms. The number of Topliss-reactive ketones (excluding diaryl/α,β-unsaturated/α-hetero) is 1. The lowest BCUT2D eigenvalue weighted by Crippen LogP contribution is -1.93. The predicted octanol–water partition coefficient (Wildman–Crippen LogP) is 3.48. The first-order valence-corrected chi connectivity index (χ1v) is 6.11. The number of pyridine rings is 2. The highest BCUT2D eigenvalue weighted by atomic mass is 35.5. The Morgan fingerprint density at radius 3 is 2.82 bits per heavy atom. The van der Waals surface area contributed by atoms with Crippen LogP contribution < -0.4 is 0 Å². The highest BCUT2D eigenvalue weighted by Gasteiger charge is 2.06. The molecule has 2 heterocycles. The zero-order valence-electron chi connectivity index (χ0n) is 9.05. The van der Waals surface area contributed by atoms with Crippen molar-refractivity contribution in [3.05, 3.63) is 47.2 Å². The van der Waals surface area contributed by atoms with E-state index in [1.54, 1.807) is 36.7 Å². The van der Waals surface area contributed by atoms with E-state index in [0.29, 0.717) is 20.6 Å². The van der Waals surface area contributed by atoms with Gasteiger partial charge in [-0.1, -0.05) is 11.6 Å². The molecule has 0 fully saturated rings. The fourth-order valence-corrected chi connectivity index (χ4v) is 2.24. The zero-order chi connectivity index (χ0) is 12.3. The molecule has 0 atom stereocenters. The second-order valence-corrected chi connectivity index (χ2v) is 4.75. The van der Waals surface area contributed by atoms with Crippen molar-refractivity contribution < 1.29 is 4.79 Å². The average molecular weight is 265 g/mol. The van der Waals surface area contributed by atoms with Gasteiger partial charge >= 0.3 is 0 Å². The van der Waals surface area contributed by atoms with E-state index in [9.17, 15) is 4.79 Å². The van der Waals surface area contributed by atoms with Crippen LogP contribution in [0.4, 0.5) is 0 Å². The summed E-state index contributed by atoms with van der Waals surface area (Å²) in [5, 5.41) is 1.97. The fourth-order valence-electron chi connectivity index (χ4n) is 1.23. The van der Waals surface area contributed by atoms with Crippen LogP contribution in [-0.2, 0) is 0 Å². The monoisotopic (exact) mass is 264 g/mol. The summed E-state index contributed by atoms with van der Waals surface area (Å²) >= 11 is 7.34. The first kappa shape index (κ1) is 12.1. The molecule has 0 aliphatic rings. The van der Waals surface area contributed by atoms with Crippen molar-refractivity contribution in [1.29, 1.82) is 0 Å². The van der Waals surface area contributed by atoms with Gasteiger partial charge in [-0.2, -0.15) is 0 Å². The van der Waals surface area contributed by atoms with Crippen molar-refractivity contribution in [3.63, 3.8) is 0 Å². The van der Waals surface area contributed by atoms with E-state index < -0.39 is 0 Å². The molecule has 0 unspecified atom stereocenters. The molecule has 86 valence electrons. The summed E-state index contributed by atoms with van der Waals surface area (Å²) in [6.07, 6.45) is 3.28. The molecule has 3 nitrogen and oxygen atoms in total. The maximum Gasteiger partial charge on any atom is 0.159 e. The second-order valence-electron chi connectivity index (χ2n) is 3.33. The number of hydrogen-bond donors (Lipinski definition) is 0. The smallest absolute Gasteiger partial charge is 0.159 e. The number of carbonyl (C=O) groups excluding carboxylic acids is 1. The van der Waals surface area contributed by atoms with Gasteiger partial charge in [-0.05, 0) is 43.0 Å². The van der Waals surface area contributed by atoms with Gasteiger partial charge in [-0.25, -0.2) is 9.97 Å². The summed E-state index contributed by atoms with van der Waals surface area (Å²) in [6.45, 7) is 1.53. The Kier molecular flexibility index (Phi) is 3.76. The molecule has 2 rings (SSSR count). The topological polar surface area (TPSA) is 42.9 Å². The molecule has 0 saturated carbocycles.